The molecule has 1 atom stereocenters. The van der Waals surface area contributed by atoms with Gasteiger partial charge in [0.2, 0.25) is 0 Å². The van der Waals surface area contributed by atoms with Crippen molar-refractivity contribution in [3.8, 4) is 11.1 Å². The number of carbonyl (C=O) groups is 2. The zero-order chi connectivity index (χ0) is 20.1. The number of para-hydroxylation sites is 1. The molecule has 4 nitrogen and oxygen atoms in total. The van der Waals surface area contributed by atoms with Crippen molar-refractivity contribution < 1.29 is 23.1 Å². The summed E-state index contributed by atoms with van der Waals surface area (Å²) in [5.41, 5.74) is 1.39. The van der Waals surface area contributed by atoms with Crippen LogP contribution in [-0.4, -0.2) is 18.0 Å². The van der Waals surface area contributed by atoms with Crippen LogP contribution in [0.15, 0.2) is 72.8 Å². The number of esters is 1. The molecule has 3 aromatic carbocycles. The molecule has 6 heteroatoms. The van der Waals surface area contributed by atoms with Gasteiger partial charge in [0.25, 0.3) is 5.91 Å². The van der Waals surface area contributed by atoms with Crippen LogP contribution in [-0.2, 0) is 9.53 Å². The lowest BCUT2D eigenvalue weighted by molar-refractivity contribution is -0.123. The van der Waals surface area contributed by atoms with Crippen LogP contribution in [0, 0.1) is 11.6 Å². The highest BCUT2D eigenvalue weighted by molar-refractivity contribution is 6.00. The van der Waals surface area contributed by atoms with Crippen LogP contribution in [0.3, 0.4) is 0 Å². The van der Waals surface area contributed by atoms with Crippen LogP contribution >= 0.6 is 0 Å². The minimum Gasteiger partial charge on any atom is -0.449 e. The maximum Gasteiger partial charge on any atom is 0.344 e. The number of ether oxygens (including phenoxy) is 1. The molecule has 1 N–H and O–H groups in total. The third-order valence-electron chi connectivity index (χ3n) is 4.09. The first-order valence-corrected chi connectivity index (χ1v) is 8.57. The summed E-state index contributed by atoms with van der Waals surface area (Å²) in [7, 11) is 0. The standard InChI is InChI=1S/C22H17F2NO3/c1-14(28-22(27)20-17(23)11-7-12-18(20)24)21(26)25-19-13-6-5-10-16(19)15-8-3-2-4-9-15/h2-14H,1H3,(H,25,26)/t14-/m1/s1. The van der Waals surface area contributed by atoms with Gasteiger partial charge in [0.1, 0.15) is 17.2 Å². The Morgan fingerprint density at radius 2 is 1.46 bits per heavy atom. The van der Waals surface area contributed by atoms with Crippen LogP contribution in [0.5, 0.6) is 0 Å². The summed E-state index contributed by atoms with van der Waals surface area (Å²) >= 11 is 0. The number of rotatable bonds is 5. The predicted octanol–water partition coefficient (Wildman–Crippen LogP) is 4.82. The molecule has 0 aliphatic carbocycles. The van der Waals surface area contributed by atoms with Gasteiger partial charge < -0.3 is 10.1 Å². The molecule has 142 valence electrons. The highest BCUT2D eigenvalue weighted by atomic mass is 19.1. The molecule has 0 aromatic heterocycles. The predicted molar refractivity (Wildman–Crippen MR) is 102 cm³/mol. The lowest BCUT2D eigenvalue weighted by Crippen LogP contribution is -2.30. The molecule has 0 fully saturated rings. The van der Waals surface area contributed by atoms with Crippen LogP contribution in [0.25, 0.3) is 11.1 Å². The third kappa shape index (κ3) is 4.23. The van der Waals surface area contributed by atoms with E-state index < -0.39 is 35.2 Å². The number of benzene rings is 3. The molecule has 0 saturated carbocycles. The summed E-state index contributed by atoms with van der Waals surface area (Å²) in [6.45, 7) is 1.33. The summed E-state index contributed by atoms with van der Waals surface area (Å²) < 4.78 is 32.3. The van der Waals surface area contributed by atoms with Crippen molar-refractivity contribution in [1.29, 1.82) is 0 Å². The summed E-state index contributed by atoms with van der Waals surface area (Å²) in [6, 6.07) is 19.6. The van der Waals surface area contributed by atoms with Gasteiger partial charge in [-0.3, -0.25) is 4.79 Å². The van der Waals surface area contributed by atoms with Gasteiger partial charge in [-0.25, -0.2) is 13.6 Å². The van der Waals surface area contributed by atoms with E-state index >= 15 is 0 Å². The normalized spacial score (nSPS) is 11.5. The molecular formula is C22H17F2NO3. The molecular weight excluding hydrogens is 364 g/mol. The van der Waals surface area contributed by atoms with Crippen molar-refractivity contribution in [1.82, 2.24) is 0 Å². The summed E-state index contributed by atoms with van der Waals surface area (Å²) in [4.78, 5) is 24.5. The van der Waals surface area contributed by atoms with E-state index in [1.807, 2.05) is 42.5 Å². The lowest BCUT2D eigenvalue weighted by atomic mass is 10.0. The smallest absolute Gasteiger partial charge is 0.344 e. The van der Waals surface area contributed by atoms with E-state index in [-0.39, 0.29) is 0 Å². The molecule has 0 aliphatic rings. The highest BCUT2D eigenvalue weighted by Crippen LogP contribution is 2.27. The molecule has 0 saturated heterocycles. The second-order valence-corrected chi connectivity index (χ2v) is 6.05. The van der Waals surface area contributed by atoms with Crippen LogP contribution in [0.4, 0.5) is 14.5 Å². The van der Waals surface area contributed by atoms with Gasteiger partial charge in [-0.1, -0.05) is 54.6 Å². The van der Waals surface area contributed by atoms with Crippen LogP contribution in [0.2, 0.25) is 0 Å². The van der Waals surface area contributed by atoms with Crippen molar-refractivity contribution in [3.05, 3.63) is 90.0 Å². The highest BCUT2D eigenvalue weighted by Gasteiger charge is 2.24. The summed E-state index contributed by atoms with van der Waals surface area (Å²) in [6.07, 6.45) is -1.25. The monoisotopic (exact) mass is 381 g/mol. The van der Waals surface area contributed by atoms with E-state index in [9.17, 15) is 18.4 Å². The van der Waals surface area contributed by atoms with E-state index in [1.165, 1.54) is 6.92 Å². The molecule has 0 radical (unpaired) electrons. The zero-order valence-corrected chi connectivity index (χ0v) is 15.0. The fourth-order valence-corrected chi connectivity index (χ4v) is 2.66. The van der Waals surface area contributed by atoms with Crippen molar-refractivity contribution in [2.75, 3.05) is 5.32 Å². The average molecular weight is 381 g/mol. The number of hydrogen-bond donors (Lipinski definition) is 1. The van der Waals surface area contributed by atoms with Crippen LogP contribution < -0.4 is 5.32 Å². The van der Waals surface area contributed by atoms with Gasteiger partial charge in [0.05, 0.1) is 0 Å². The SMILES string of the molecule is C[C@@H](OC(=O)c1c(F)cccc1F)C(=O)Nc1ccccc1-c1ccccc1. The second kappa shape index (κ2) is 8.43. The molecule has 0 unspecified atom stereocenters. The van der Waals surface area contributed by atoms with Gasteiger partial charge in [0, 0.05) is 11.3 Å². The Bertz CT molecular complexity index is 985. The Morgan fingerprint density at radius 1 is 0.857 bits per heavy atom. The van der Waals surface area contributed by atoms with Gasteiger partial charge in [0.15, 0.2) is 6.10 Å². The van der Waals surface area contributed by atoms with Crippen molar-refractivity contribution in [3.63, 3.8) is 0 Å². The van der Waals surface area contributed by atoms with E-state index in [0.29, 0.717) is 5.69 Å². The minimum atomic E-state index is -1.25. The van der Waals surface area contributed by atoms with Gasteiger partial charge in [-0.2, -0.15) is 0 Å². The van der Waals surface area contributed by atoms with Crippen molar-refractivity contribution in [2.45, 2.75) is 13.0 Å². The number of carbonyl (C=O) groups excluding carboxylic acids is 2. The van der Waals surface area contributed by atoms with Gasteiger partial charge in [-0.15, -0.1) is 0 Å². The number of nitrogens with one attached hydrogen (secondary N) is 1. The minimum absolute atomic E-state index is 0.527. The number of hydrogen-bond acceptors (Lipinski definition) is 3. The molecule has 0 aliphatic heterocycles. The Morgan fingerprint density at radius 3 is 2.14 bits per heavy atom. The molecule has 28 heavy (non-hydrogen) atoms. The summed E-state index contributed by atoms with van der Waals surface area (Å²) in [5, 5.41) is 2.69. The lowest BCUT2D eigenvalue weighted by Gasteiger charge is -2.16. The first-order chi connectivity index (χ1) is 13.5. The molecule has 3 rings (SSSR count). The van der Waals surface area contributed by atoms with Crippen molar-refractivity contribution >= 4 is 17.6 Å². The zero-order valence-electron chi connectivity index (χ0n) is 15.0. The van der Waals surface area contributed by atoms with E-state index in [1.54, 1.807) is 12.1 Å². The third-order valence-corrected chi connectivity index (χ3v) is 4.09. The fourth-order valence-electron chi connectivity index (χ4n) is 2.66. The number of halogens is 2. The Balaban J connectivity index is 1.75. The van der Waals surface area contributed by atoms with Crippen LogP contribution in [0.1, 0.15) is 17.3 Å². The van der Waals surface area contributed by atoms with E-state index in [4.69, 9.17) is 4.74 Å². The fraction of sp³-hybridized carbons (Fsp3) is 0.0909. The molecule has 0 spiro atoms. The largest absolute Gasteiger partial charge is 0.449 e. The molecule has 3 aromatic rings. The van der Waals surface area contributed by atoms with E-state index in [2.05, 4.69) is 5.32 Å². The Labute approximate surface area is 160 Å². The maximum atomic E-state index is 13.7. The van der Waals surface area contributed by atoms with Gasteiger partial charge in [-0.05, 0) is 30.7 Å². The number of anilines is 1. The molecule has 0 heterocycles. The molecule has 0 bridgehead atoms. The van der Waals surface area contributed by atoms with Crippen molar-refractivity contribution in [2.24, 2.45) is 0 Å². The number of amides is 1. The second-order valence-electron chi connectivity index (χ2n) is 6.05. The Kier molecular flexibility index (Phi) is 5.79. The average Bonchev–Trinajstić information content (AvgIpc) is 2.69. The quantitative estimate of drug-likeness (QED) is 0.645. The first-order valence-electron chi connectivity index (χ1n) is 8.57. The van der Waals surface area contributed by atoms with Gasteiger partial charge >= 0.3 is 5.97 Å². The molecule has 1 amide bonds. The summed E-state index contributed by atoms with van der Waals surface area (Å²) in [5.74, 6) is -3.96. The first kappa shape index (κ1) is 19.2. The Hall–Kier alpha value is -3.54. The topological polar surface area (TPSA) is 55.4 Å². The maximum absolute atomic E-state index is 13.7. The van der Waals surface area contributed by atoms with E-state index in [0.717, 1.165) is 29.3 Å².